The fourth-order valence-electron chi connectivity index (χ4n) is 5.34. The Morgan fingerprint density at radius 3 is 2.41 bits per heavy atom. The van der Waals surface area contributed by atoms with Gasteiger partial charge in [-0.25, -0.2) is 0 Å². The lowest BCUT2D eigenvalue weighted by atomic mass is 9.72. The number of hydrogen-bond acceptors (Lipinski definition) is 4. The predicted octanol–water partition coefficient (Wildman–Crippen LogP) is 6.18. The predicted molar refractivity (Wildman–Crippen MR) is 146 cm³/mol. The maximum Gasteiger partial charge on any atom is 0.138 e. The minimum Gasteiger partial charge on any atom is -0.487 e. The molecule has 2 atom stereocenters. The lowest BCUT2D eigenvalue weighted by molar-refractivity contribution is -0.0297. The normalized spacial score (nSPS) is 20.9. The second-order valence-electron chi connectivity index (χ2n) is 9.85. The molecule has 1 aliphatic heterocycles. The van der Waals surface area contributed by atoms with Gasteiger partial charge in [0.25, 0.3) is 0 Å². The van der Waals surface area contributed by atoms with Crippen molar-refractivity contribution in [2.75, 3.05) is 33.7 Å². The van der Waals surface area contributed by atoms with Gasteiger partial charge in [-0.15, -0.1) is 24.8 Å². The topological polar surface area (TPSA) is 35.9 Å². The third kappa shape index (κ3) is 7.25. The summed E-state index contributed by atoms with van der Waals surface area (Å²) in [5.74, 6) is 0.756. The molecule has 0 radical (unpaired) electrons. The van der Waals surface area contributed by atoms with E-state index in [9.17, 15) is 5.11 Å². The quantitative estimate of drug-likeness (QED) is 0.443. The third-order valence-corrected chi connectivity index (χ3v) is 7.68. The Bertz CT molecular complexity index is 875. The van der Waals surface area contributed by atoms with Gasteiger partial charge in [0, 0.05) is 25.0 Å². The summed E-state index contributed by atoms with van der Waals surface area (Å²) in [6.07, 6.45) is 6.33. The van der Waals surface area contributed by atoms with Crippen LogP contribution in [0.1, 0.15) is 55.6 Å². The van der Waals surface area contributed by atoms with E-state index in [2.05, 4.69) is 30.0 Å². The van der Waals surface area contributed by atoms with Gasteiger partial charge in [0.15, 0.2) is 0 Å². The zero-order valence-electron chi connectivity index (χ0n) is 20.3. The van der Waals surface area contributed by atoms with Crippen LogP contribution in [0.4, 0.5) is 0 Å². The molecule has 0 aromatic heterocycles. The van der Waals surface area contributed by atoms with Crippen molar-refractivity contribution in [3.63, 3.8) is 0 Å². The second-order valence-corrected chi connectivity index (χ2v) is 10.3. The first-order chi connectivity index (χ1) is 15.4. The van der Waals surface area contributed by atoms with Crippen LogP contribution in [0.25, 0.3) is 0 Å². The summed E-state index contributed by atoms with van der Waals surface area (Å²) in [6.45, 7) is 3.52. The minimum atomic E-state index is -0.663. The Kier molecular flexibility index (Phi) is 11.5. The Labute approximate surface area is 222 Å². The highest BCUT2D eigenvalue weighted by molar-refractivity contribution is 6.32. The Balaban J connectivity index is 0.00000204. The number of likely N-dealkylation sites (N-methyl/N-ethyl adjacent to an activating group) is 1. The van der Waals surface area contributed by atoms with Crippen LogP contribution in [-0.2, 0) is 6.61 Å². The molecule has 1 saturated carbocycles. The highest BCUT2D eigenvalue weighted by Gasteiger charge is 2.40. The molecule has 2 aromatic rings. The zero-order chi connectivity index (χ0) is 22.6. The molecule has 4 rings (SSSR count). The first-order valence-corrected chi connectivity index (χ1v) is 12.4. The molecule has 1 saturated heterocycles. The fourth-order valence-corrected chi connectivity index (χ4v) is 5.59. The number of aliphatic hydroxyl groups is 1. The van der Waals surface area contributed by atoms with E-state index >= 15 is 0 Å². The van der Waals surface area contributed by atoms with Gasteiger partial charge in [-0.05, 0) is 63.2 Å². The summed E-state index contributed by atoms with van der Waals surface area (Å²) >= 11 is 6.68. The number of rotatable bonds is 8. The van der Waals surface area contributed by atoms with Crippen molar-refractivity contribution in [3.8, 4) is 5.75 Å². The fraction of sp³-hybridized carbons (Fsp3) is 0.556. The van der Waals surface area contributed by atoms with Crippen molar-refractivity contribution >= 4 is 36.4 Å². The van der Waals surface area contributed by atoms with E-state index in [1.54, 1.807) is 0 Å². The van der Waals surface area contributed by atoms with Crippen molar-refractivity contribution < 1.29 is 9.84 Å². The van der Waals surface area contributed by atoms with Crippen LogP contribution in [0.15, 0.2) is 48.5 Å². The highest BCUT2D eigenvalue weighted by Crippen LogP contribution is 2.42. The van der Waals surface area contributed by atoms with E-state index in [1.165, 1.54) is 12.8 Å². The maximum absolute atomic E-state index is 11.7. The lowest BCUT2D eigenvalue weighted by Crippen LogP contribution is -2.44. The van der Waals surface area contributed by atoms with Crippen molar-refractivity contribution in [1.29, 1.82) is 0 Å². The first kappa shape index (κ1) is 29.2. The molecule has 0 bridgehead atoms. The maximum atomic E-state index is 11.7. The molecule has 2 aliphatic rings. The molecule has 34 heavy (non-hydrogen) atoms. The van der Waals surface area contributed by atoms with Crippen LogP contribution < -0.4 is 4.74 Å². The van der Waals surface area contributed by atoms with E-state index in [1.807, 2.05) is 42.5 Å². The van der Waals surface area contributed by atoms with E-state index in [-0.39, 0.29) is 30.7 Å². The SMILES string of the molecule is CN(C)[C@H]1CCN(CC(c2ccc(OCc3ccccc3)c(Cl)c2)C2(O)CCCCC2)C1.Cl.Cl. The summed E-state index contributed by atoms with van der Waals surface area (Å²) in [6, 6.07) is 16.8. The Morgan fingerprint density at radius 1 is 1.09 bits per heavy atom. The van der Waals surface area contributed by atoms with Crippen LogP contribution in [0.5, 0.6) is 5.75 Å². The van der Waals surface area contributed by atoms with E-state index in [0.29, 0.717) is 23.4 Å². The van der Waals surface area contributed by atoms with Crippen molar-refractivity contribution in [3.05, 3.63) is 64.7 Å². The first-order valence-electron chi connectivity index (χ1n) is 12.0. The molecule has 2 fully saturated rings. The molecular weight excluding hydrogens is 491 g/mol. The summed E-state index contributed by atoms with van der Waals surface area (Å²) in [4.78, 5) is 4.84. The van der Waals surface area contributed by atoms with Gasteiger partial charge < -0.3 is 19.6 Å². The van der Waals surface area contributed by atoms with Gasteiger partial charge in [-0.3, -0.25) is 0 Å². The van der Waals surface area contributed by atoms with Gasteiger partial charge in [0.1, 0.15) is 12.4 Å². The molecule has 1 unspecified atom stereocenters. The van der Waals surface area contributed by atoms with Crippen LogP contribution >= 0.6 is 36.4 Å². The molecule has 1 heterocycles. The van der Waals surface area contributed by atoms with Gasteiger partial charge in [0.05, 0.1) is 10.6 Å². The van der Waals surface area contributed by atoms with E-state index < -0.39 is 5.60 Å². The van der Waals surface area contributed by atoms with Crippen molar-refractivity contribution in [2.24, 2.45) is 0 Å². The number of halogens is 3. The smallest absolute Gasteiger partial charge is 0.138 e. The molecule has 0 amide bonds. The van der Waals surface area contributed by atoms with E-state index in [0.717, 1.165) is 56.4 Å². The monoisotopic (exact) mass is 528 g/mol. The molecule has 4 nitrogen and oxygen atoms in total. The van der Waals surface area contributed by atoms with Gasteiger partial charge in [0.2, 0.25) is 0 Å². The third-order valence-electron chi connectivity index (χ3n) is 7.38. The largest absolute Gasteiger partial charge is 0.487 e. The van der Waals surface area contributed by atoms with Crippen LogP contribution in [0.3, 0.4) is 0 Å². The molecular formula is C27H39Cl3N2O2. The standard InChI is InChI=1S/C27H37ClN2O2.2ClH/c1-29(2)23-13-16-30(18-23)19-24(27(31)14-7-4-8-15-27)22-11-12-26(25(28)17-22)32-20-21-9-5-3-6-10-21;;/h3,5-6,9-12,17,23-24,31H,4,7-8,13-16,18-20H2,1-2H3;2*1H/t23-,24?;;/m0../s1. The molecule has 1 N–H and O–H groups in total. The highest BCUT2D eigenvalue weighted by atomic mass is 35.5. The number of nitrogens with zero attached hydrogens (tertiary/aromatic N) is 2. The summed E-state index contributed by atoms with van der Waals surface area (Å²) < 4.78 is 5.99. The van der Waals surface area contributed by atoms with Crippen molar-refractivity contribution in [1.82, 2.24) is 9.80 Å². The lowest BCUT2D eigenvalue weighted by Gasteiger charge is -2.41. The number of benzene rings is 2. The summed E-state index contributed by atoms with van der Waals surface area (Å²) in [5, 5.41) is 12.3. The van der Waals surface area contributed by atoms with Crippen molar-refractivity contribution in [2.45, 2.75) is 62.7 Å². The van der Waals surface area contributed by atoms with Gasteiger partial charge in [-0.1, -0.05) is 67.3 Å². The molecule has 7 heteroatoms. The minimum absolute atomic E-state index is 0. The average Bonchev–Trinajstić information content (AvgIpc) is 3.27. The molecule has 2 aromatic carbocycles. The average molecular weight is 530 g/mol. The number of hydrogen-bond donors (Lipinski definition) is 1. The van der Waals surface area contributed by atoms with Crippen LogP contribution in [0.2, 0.25) is 5.02 Å². The van der Waals surface area contributed by atoms with Gasteiger partial charge >= 0.3 is 0 Å². The van der Waals surface area contributed by atoms with Gasteiger partial charge in [-0.2, -0.15) is 0 Å². The second kappa shape index (κ2) is 13.3. The van der Waals surface area contributed by atoms with Crippen LogP contribution in [-0.4, -0.2) is 60.3 Å². The number of ether oxygens (including phenoxy) is 1. The summed E-state index contributed by atoms with van der Waals surface area (Å²) in [7, 11) is 4.32. The summed E-state index contributed by atoms with van der Waals surface area (Å²) in [5.41, 5.74) is 1.58. The van der Waals surface area contributed by atoms with E-state index in [4.69, 9.17) is 16.3 Å². The van der Waals surface area contributed by atoms with Crippen LogP contribution in [0, 0.1) is 0 Å². The zero-order valence-corrected chi connectivity index (χ0v) is 22.7. The molecule has 190 valence electrons. The number of likely N-dealkylation sites (tertiary alicyclic amines) is 1. The Hall–Kier alpha value is -1.01. The molecule has 1 aliphatic carbocycles. The molecule has 0 spiro atoms. The Morgan fingerprint density at radius 2 is 1.79 bits per heavy atom.